The Hall–Kier alpha value is -2.94. The van der Waals surface area contributed by atoms with Crippen molar-refractivity contribution in [3.05, 3.63) is 42.5 Å². The molecule has 3 aromatic rings. The van der Waals surface area contributed by atoms with Gasteiger partial charge >= 0.3 is 11.9 Å². The van der Waals surface area contributed by atoms with Gasteiger partial charge in [0.2, 0.25) is 0 Å². The monoisotopic (exact) mass is 414 g/mol. The van der Waals surface area contributed by atoms with E-state index in [4.69, 9.17) is 9.15 Å². The second-order valence-electron chi connectivity index (χ2n) is 6.56. The van der Waals surface area contributed by atoms with Gasteiger partial charge in [0.15, 0.2) is 0 Å². The maximum Gasteiger partial charge on any atom is 0.396 e. The third-order valence-corrected chi connectivity index (χ3v) is 5.59. The molecule has 0 saturated carbocycles. The normalized spacial score (nSPS) is 12.1. The lowest BCUT2D eigenvalue weighted by Crippen LogP contribution is -2.06. The molecule has 0 fully saturated rings. The van der Waals surface area contributed by atoms with Gasteiger partial charge in [0.25, 0.3) is 5.89 Å². The largest absolute Gasteiger partial charge is 0.459 e. The summed E-state index contributed by atoms with van der Waals surface area (Å²) in [7, 11) is -1.05. The van der Waals surface area contributed by atoms with E-state index >= 15 is 0 Å². The van der Waals surface area contributed by atoms with Crippen molar-refractivity contribution >= 4 is 16.8 Å². The number of nitrogens with zero attached hydrogens (tertiary/aromatic N) is 4. The van der Waals surface area contributed by atoms with E-state index in [9.17, 15) is 9.00 Å². The zero-order valence-electron chi connectivity index (χ0n) is 16.5. The van der Waals surface area contributed by atoms with Crippen molar-refractivity contribution in [2.45, 2.75) is 43.8 Å². The first-order chi connectivity index (χ1) is 14.0. The van der Waals surface area contributed by atoms with Crippen molar-refractivity contribution in [1.82, 2.24) is 20.2 Å². The van der Waals surface area contributed by atoms with Crippen LogP contribution >= 0.6 is 0 Å². The Kier molecular flexibility index (Phi) is 6.82. The highest BCUT2D eigenvalue weighted by Crippen LogP contribution is 2.22. The first-order valence-electron chi connectivity index (χ1n) is 9.33. The molecule has 0 aliphatic heterocycles. The van der Waals surface area contributed by atoms with Crippen molar-refractivity contribution in [2.24, 2.45) is 0 Å². The number of benzene rings is 1. The third kappa shape index (κ3) is 5.11. The van der Waals surface area contributed by atoms with Crippen LogP contribution in [-0.4, -0.2) is 42.2 Å². The lowest BCUT2D eigenvalue weighted by molar-refractivity contribution is 0.0455. The van der Waals surface area contributed by atoms with Crippen molar-refractivity contribution in [1.29, 1.82) is 0 Å². The second-order valence-corrected chi connectivity index (χ2v) is 8.57. The molecule has 1 aromatic carbocycles. The van der Waals surface area contributed by atoms with E-state index in [1.54, 1.807) is 6.20 Å². The predicted molar refractivity (Wildman–Crippen MR) is 107 cm³/mol. The van der Waals surface area contributed by atoms with Gasteiger partial charge in [-0.05, 0) is 18.6 Å². The van der Waals surface area contributed by atoms with Gasteiger partial charge in [-0.1, -0.05) is 39.3 Å². The first-order valence-corrected chi connectivity index (χ1v) is 10.5. The van der Waals surface area contributed by atoms with Gasteiger partial charge in [0.05, 0.1) is 35.5 Å². The van der Waals surface area contributed by atoms with Gasteiger partial charge in [0, 0.05) is 15.7 Å². The summed E-state index contributed by atoms with van der Waals surface area (Å²) in [6.45, 7) is 6.13. The fourth-order valence-corrected chi connectivity index (χ4v) is 3.37. The number of unbranched alkanes of at least 4 members (excludes halogenated alkanes) is 1. The highest BCUT2D eigenvalue weighted by molar-refractivity contribution is 7.85. The van der Waals surface area contributed by atoms with E-state index in [2.05, 4.69) is 20.2 Å². The summed E-state index contributed by atoms with van der Waals surface area (Å²) in [6.07, 6.45) is 4.77. The first kappa shape index (κ1) is 20.8. The Balaban J connectivity index is 1.78. The van der Waals surface area contributed by atoms with Gasteiger partial charge in [-0.3, -0.25) is 9.19 Å². The number of carbonyl (C=O) groups excluding carboxylic acids is 1. The number of hydrogen-bond acceptors (Lipinski definition) is 8. The average molecular weight is 414 g/mol. The molecule has 9 heteroatoms. The molecule has 0 radical (unpaired) electrons. The molecule has 0 saturated heterocycles. The summed E-state index contributed by atoms with van der Waals surface area (Å²) >= 11 is 0. The van der Waals surface area contributed by atoms with Crippen LogP contribution < -0.4 is 0 Å². The SMILES string of the molecule is CCCCOC(=O)c1nnc(-c2cncc(-c3ccc(S(=O)C(C)C)cc3)n2)o1. The lowest BCUT2D eigenvalue weighted by Gasteiger charge is -2.07. The molecule has 0 aliphatic carbocycles. The van der Waals surface area contributed by atoms with Crippen molar-refractivity contribution in [3.8, 4) is 22.8 Å². The Morgan fingerprint density at radius 3 is 2.55 bits per heavy atom. The van der Waals surface area contributed by atoms with Crippen LogP contribution in [0, 0.1) is 0 Å². The number of ether oxygens (including phenoxy) is 1. The molecule has 8 nitrogen and oxygen atoms in total. The number of carbonyl (C=O) groups is 1. The van der Waals surface area contributed by atoms with Crippen LogP contribution in [0.3, 0.4) is 0 Å². The molecule has 0 amide bonds. The van der Waals surface area contributed by atoms with Gasteiger partial charge in [-0.15, -0.1) is 10.2 Å². The number of hydrogen-bond donors (Lipinski definition) is 0. The third-order valence-electron chi connectivity index (χ3n) is 3.99. The van der Waals surface area contributed by atoms with Crippen LogP contribution in [0.5, 0.6) is 0 Å². The summed E-state index contributed by atoms with van der Waals surface area (Å²) in [5.41, 5.74) is 1.75. The van der Waals surface area contributed by atoms with Gasteiger partial charge in [-0.2, -0.15) is 0 Å². The minimum absolute atomic E-state index is 0.0457. The Morgan fingerprint density at radius 2 is 1.86 bits per heavy atom. The molecular formula is C20H22N4O4S. The number of aromatic nitrogens is 4. The molecule has 0 bridgehead atoms. The smallest absolute Gasteiger partial charge is 0.396 e. The molecule has 1 atom stereocenters. The summed E-state index contributed by atoms with van der Waals surface area (Å²) in [5, 5.41) is 7.64. The van der Waals surface area contributed by atoms with Crippen LogP contribution in [-0.2, 0) is 15.5 Å². The predicted octanol–water partition coefficient (Wildman–Crippen LogP) is 3.67. The van der Waals surface area contributed by atoms with Crippen LogP contribution in [0.1, 0.15) is 44.3 Å². The average Bonchev–Trinajstić information content (AvgIpc) is 3.24. The summed E-state index contributed by atoms with van der Waals surface area (Å²) < 4.78 is 22.6. The maximum absolute atomic E-state index is 12.2. The topological polar surface area (TPSA) is 108 Å². The van der Waals surface area contributed by atoms with Crippen LogP contribution in [0.4, 0.5) is 0 Å². The molecule has 3 rings (SSSR count). The maximum atomic E-state index is 12.2. The van der Waals surface area contributed by atoms with Crippen molar-refractivity contribution < 1.29 is 18.2 Å². The fraction of sp³-hybridized carbons (Fsp3) is 0.350. The van der Waals surface area contributed by atoms with E-state index in [1.165, 1.54) is 6.20 Å². The van der Waals surface area contributed by atoms with Crippen LogP contribution in [0.25, 0.3) is 22.8 Å². The Bertz CT molecular complexity index is 1000. The molecule has 1 unspecified atom stereocenters. The molecule has 2 heterocycles. The van der Waals surface area contributed by atoms with E-state index in [0.29, 0.717) is 18.0 Å². The molecule has 0 spiro atoms. The van der Waals surface area contributed by atoms with Crippen LogP contribution in [0.2, 0.25) is 0 Å². The van der Waals surface area contributed by atoms with Crippen molar-refractivity contribution in [2.75, 3.05) is 6.61 Å². The summed E-state index contributed by atoms with van der Waals surface area (Å²) in [5.74, 6) is -0.793. The minimum atomic E-state index is -1.05. The zero-order valence-corrected chi connectivity index (χ0v) is 17.3. The lowest BCUT2D eigenvalue weighted by atomic mass is 10.1. The fourth-order valence-electron chi connectivity index (χ4n) is 2.42. The molecular weight excluding hydrogens is 392 g/mol. The number of esters is 1. The van der Waals surface area contributed by atoms with E-state index in [-0.39, 0.29) is 17.0 Å². The second kappa shape index (κ2) is 9.51. The summed E-state index contributed by atoms with van der Waals surface area (Å²) in [4.78, 5) is 21.3. The van der Waals surface area contributed by atoms with E-state index in [0.717, 1.165) is 23.3 Å². The molecule has 152 valence electrons. The molecule has 29 heavy (non-hydrogen) atoms. The quantitative estimate of drug-likeness (QED) is 0.406. The van der Waals surface area contributed by atoms with Gasteiger partial charge in [-0.25, -0.2) is 9.78 Å². The van der Waals surface area contributed by atoms with E-state index in [1.807, 2.05) is 45.0 Å². The van der Waals surface area contributed by atoms with E-state index < -0.39 is 16.8 Å². The molecule has 0 aliphatic rings. The Labute approximate surface area is 171 Å². The zero-order chi connectivity index (χ0) is 20.8. The van der Waals surface area contributed by atoms with Crippen LogP contribution in [0.15, 0.2) is 46.0 Å². The Morgan fingerprint density at radius 1 is 1.14 bits per heavy atom. The summed E-state index contributed by atoms with van der Waals surface area (Å²) in [6, 6.07) is 7.31. The highest BCUT2D eigenvalue weighted by atomic mass is 32.2. The highest BCUT2D eigenvalue weighted by Gasteiger charge is 2.18. The van der Waals surface area contributed by atoms with Gasteiger partial charge in [0.1, 0.15) is 5.69 Å². The van der Waals surface area contributed by atoms with Crippen molar-refractivity contribution in [3.63, 3.8) is 0 Å². The molecule has 2 aromatic heterocycles. The number of rotatable bonds is 8. The van der Waals surface area contributed by atoms with Gasteiger partial charge < -0.3 is 9.15 Å². The minimum Gasteiger partial charge on any atom is -0.459 e. The molecule has 0 N–H and O–H groups in total. The standard InChI is InChI=1S/C20H22N4O4S/c1-4-5-10-27-20(25)19-24-23-18(28-19)17-12-21-11-16(22-17)14-6-8-15(9-7-14)29(26)13(2)3/h6-9,11-13H,4-5,10H2,1-3H3.